The van der Waals surface area contributed by atoms with E-state index in [0.29, 0.717) is 46.2 Å². The van der Waals surface area contributed by atoms with Crippen molar-refractivity contribution < 1.29 is 18.7 Å². The van der Waals surface area contributed by atoms with Crippen molar-refractivity contribution in [3.05, 3.63) is 58.4 Å². The second-order valence-corrected chi connectivity index (χ2v) is 9.75. The van der Waals surface area contributed by atoms with E-state index in [1.165, 1.54) is 0 Å². The van der Waals surface area contributed by atoms with E-state index in [9.17, 15) is 9.59 Å². The van der Waals surface area contributed by atoms with Gasteiger partial charge in [-0.05, 0) is 70.9 Å². The Bertz CT molecular complexity index is 1190. The van der Waals surface area contributed by atoms with E-state index in [4.69, 9.17) is 20.8 Å². The van der Waals surface area contributed by atoms with Crippen LogP contribution in [-0.2, 0) is 4.74 Å². The van der Waals surface area contributed by atoms with Crippen molar-refractivity contribution in [1.82, 2.24) is 9.88 Å². The summed E-state index contributed by atoms with van der Waals surface area (Å²) in [4.78, 5) is 31.7. The third-order valence-corrected chi connectivity index (χ3v) is 5.90. The van der Waals surface area contributed by atoms with Gasteiger partial charge in [0, 0.05) is 30.1 Å². The molecule has 0 spiro atoms. The molecule has 33 heavy (non-hydrogen) atoms. The molecule has 1 saturated heterocycles. The van der Waals surface area contributed by atoms with Crippen molar-refractivity contribution in [2.45, 2.75) is 52.1 Å². The van der Waals surface area contributed by atoms with Crippen molar-refractivity contribution in [1.29, 1.82) is 0 Å². The summed E-state index contributed by atoms with van der Waals surface area (Å²) in [6, 6.07) is 10.8. The summed E-state index contributed by atoms with van der Waals surface area (Å²) < 4.78 is 11.2. The number of halogens is 1. The number of pyridine rings is 1. The summed E-state index contributed by atoms with van der Waals surface area (Å²) in [6.07, 6.45) is 1.29. The van der Waals surface area contributed by atoms with E-state index in [0.717, 1.165) is 18.5 Å². The molecule has 0 radical (unpaired) electrons. The minimum absolute atomic E-state index is 0.204. The van der Waals surface area contributed by atoms with Crippen LogP contribution < -0.4 is 5.32 Å². The van der Waals surface area contributed by atoms with Crippen LogP contribution in [0.5, 0.6) is 0 Å². The number of hydrogen-bond donors (Lipinski definition) is 1. The quantitative estimate of drug-likeness (QED) is 0.496. The predicted molar refractivity (Wildman–Crippen MR) is 128 cm³/mol. The van der Waals surface area contributed by atoms with Gasteiger partial charge in [0.2, 0.25) is 0 Å². The molecule has 0 unspecified atom stereocenters. The molecule has 4 rings (SSSR count). The molecule has 1 fully saturated rings. The second kappa shape index (κ2) is 9.06. The second-order valence-electron chi connectivity index (χ2n) is 9.34. The molecule has 1 aliphatic rings. The number of fused-ring (bicyclic) bond motifs is 1. The number of anilines is 1. The minimum atomic E-state index is -0.508. The summed E-state index contributed by atoms with van der Waals surface area (Å²) >= 11 is 6.24. The van der Waals surface area contributed by atoms with E-state index in [2.05, 4.69) is 10.3 Å². The standard InChI is InChI=1S/C25H28ClN3O4/c1-15-14-18-19(26)9-8-17(22(18)32-15)23(30)28-21-7-5-6-20(27-21)16-10-12-29(13-11-16)24(31)33-25(2,3)4/h5-9,14,16H,10-13H2,1-4H3,(H,27,28,30). The lowest BCUT2D eigenvalue weighted by Gasteiger charge is -2.33. The van der Waals surface area contributed by atoms with Crippen molar-refractivity contribution in [3.63, 3.8) is 0 Å². The summed E-state index contributed by atoms with van der Waals surface area (Å²) in [6.45, 7) is 8.63. The fourth-order valence-electron chi connectivity index (χ4n) is 4.01. The molecule has 1 N–H and O–H groups in total. The van der Waals surface area contributed by atoms with Gasteiger partial charge in [-0.1, -0.05) is 17.7 Å². The highest BCUT2D eigenvalue weighted by atomic mass is 35.5. The molecule has 2 amide bonds. The molecule has 1 aromatic carbocycles. The molecular weight excluding hydrogens is 442 g/mol. The van der Waals surface area contributed by atoms with Crippen molar-refractivity contribution in [3.8, 4) is 0 Å². The third-order valence-electron chi connectivity index (χ3n) is 5.58. The smallest absolute Gasteiger partial charge is 0.410 e. The molecule has 1 aliphatic heterocycles. The van der Waals surface area contributed by atoms with E-state index >= 15 is 0 Å². The highest BCUT2D eigenvalue weighted by Gasteiger charge is 2.28. The van der Waals surface area contributed by atoms with Crippen LogP contribution in [0.4, 0.5) is 10.6 Å². The molecule has 0 saturated carbocycles. The molecule has 3 aromatic rings. The van der Waals surface area contributed by atoms with Gasteiger partial charge in [-0.2, -0.15) is 0 Å². The largest absolute Gasteiger partial charge is 0.460 e. The number of furan rings is 1. The predicted octanol–water partition coefficient (Wildman–Crippen LogP) is 6.16. The Morgan fingerprint density at radius 3 is 2.61 bits per heavy atom. The number of likely N-dealkylation sites (tertiary alicyclic amines) is 1. The Labute approximate surface area is 198 Å². The Kier molecular flexibility index (Phi) is 6.34. The monoisotopic (exact) mass is 469 g/mol. The topological polar surface area (TPSA) is 84.7 Å². The molecule has 2 aromatic heterocycles. The van der Waals surface area contributed by atoms with E-state index in [1.54, 1.807) is 23.1 Å². The molecule has 0 atom stereocenters. The zero-order valence-corrected chi connectivity index (χ0v) is 20.0. The molecule has 0 aliphatic carbocycles. The summed E-state index contributed by atoms with van der Waals surface area (Å²) in [5.74, 6) is 1.05. The molecule has 8 heteroatoms. The Morgan fingerprint density at radius 2 is 1.91 bits per heavy atom. The Balaban J connectivity index is 1.44. The lowest BCUT2D eigenvalue weighted by atomic mass is 9.93. The summed E-state index contributed by atoms with van der Waals surface area (Å²) in [5.41, 5.74) is 1.25. The van der Waals surface area contributed by atoms with E-state index in [-0.39, 0.29) is 17.9 Å². The number of rotatable bonds is 3. The van der Waals surface area contributed by atoms with Crippen LogP contribution in [-0.4, -0.2) is 40.6 Å². The maximum absolute atomic E-state index is 13.0. The average Bonchev–Trinajstić information content (AvgIpc) is 3.15. The van der Waals surface area contributed by atoms with Crippen LogP contribution in [0, 0.1) is 6.92 Å². The van der Waals surface area contributed by atoms with Crippen LogP contribution in [0.3, 0.4) is 0 Å². The number of ether oxygens (including phenoxy) is 1. The minimum Gasteiger partial charge on any atom is -0.460 e. The fourth-order valence-corrected chi connectivity index (χ4v) is 4.21. The Hall–Kier alpha value is -3.06. The average molecular weight is 470 g/mol. The van der Waals surface area contributed by atoms with E-state index < -0.39 is 5.60 Å². The van der Waals surface area contributed by atoms with Gasteiger partial charge < -0.3 is 19.4 Å². The number of benzene rings is 1. The molecule has 174 valence electrons. The van der Waals surface area contributed by atoms with Crippen LogP contribution in [0.2, 0.25) is 5.02 Å². The number of aryl methyl sites for hydroxylation is 1. The van der Waals surface area contributed by atoms with Gasteiger partial charge in [-0.15, -0.1) is 0 Å². The maximum atomic E-state index is 13.0. The lowest BCUT2D eigenvalue weighted by molar-refractivity contribution is 0.0204. The van der Waals surface area contributed by atoms with Gasteiger partial charge in [0.15, 0.2) is 0 Å². The molecule has 7 nitrogen and oxygen atoms in total. The normalized spacial score (nSPS) is 15.0. The Morgan fingerprint density at radius 1 is 1.18 bits per heavy atom. The number of nitrogens with zero attached hydrogens (tertiary/aromatic N) is 2. The number of aromatic nitrogens is 1. The summed E-state index contributed by atoms with van der Waals surface area (Å²) in [7, 11) is 0. The first-order chi connectivity index (χ1) is 15.6. The third kappa shape index (κ3) is 5.30. The van der Waals surface area contributed by atoms with Crippen LogP contribution in [0.1, 0.15) is 61.3 Å². The van der Waals surface area contributed by atoms with Gasteiger partial charge in [-0.25, -0.2) is 9.78 Å². The maximum Gasteiger partial charge on any atom is 0.410 e. The van der Waals surface area contributed by atoms with Gasteiger partial charge in [-0.3, -0.25) is 4.79 Å². The van der Waals surface area contributed by atoms with Crippen LogP contribution in [0.15, 0.2) is 40.8 Å². The highest BCUT2D eigenvalue weighted by molar-refractivity contribution is 6.36. The van der Waals surface area contributed by atoms with Crippen molar-refractivity contribution >= 4 is 40.4 Å². The molecule has 3 heterocycles. The number of amides is 2. The first-order valence-electron chi connectivity index (χ1n) is 11.1. The van der Waals surface area contributed by atoms with Gasteiger partial charge >= 0.3 is 6.09 Å². The lowest BCUT2D eigenvalue weighted by Crippen LogP contribution is -2.41. The van der Waals surface area contributed by atoms with Crippen LogP contribution in [0.25, 0.3) is 11.0 Å². The first kappa shape index (κ1) is 23.1. The highest BCUT2D eigenvalue weighted by Crippen LogP contribution is 2.31. The van der Waals surface area contributed by atoms with Crippen molar-refractivity contribution in [2.24, 2.45) is 0 Å². The van der Waals surface area contributed by atoms with Gasteiger partial charge in [0.05, 0.1) is 10.6 Å². The SMILES string of the molecule is Cc1cc2c(Cl)ccc(C(=O)Nc3cccc(C4CCN(C(=O)OC(C)(C)C)CC4)n3)c2o1. The van der Waals surface area contributed by atoms with Crippen molar-refractivity contribution in [2.75, 3.05) is 18.4 Å². The number of carbonyl (C=O) groups is 2. The molecular formula is C25H28ClN3O4. The molecule has 0 bridgehead atoms. The van der Waals surface area contributed by atoms with Gasteiger partial charge in [0.25, 0.3) is 5.91 Å². The number of carbonyl (C=O) groups excluding carboxylic acids is 2. The van der Waals surface area contributed by atoms with E-state index in [1.807, 2.05) is 45.9 Å². The fraction of sp³-hybridized carbons (Fsp3) is 0.400. The first-order valence-corrected chi connectivity index (χ1v) is 11.4. The number of nitrogens with one attached hydrogen (secondary N) is 1. The van der Waals surface area contributed by atoms with Crippen LogP contribution >= 0.6 is 11.6 Å². The van der Waals surface area contributed by atoms with Gasteiger partial charge in [0.1, 0.15) is 22.8 Å². The number of hydrogen-bond acceptors (Lipinski definition) is 5. The zero-order valence-electron chi connectivity index (χ0n) is 19.3. The number of piperidine rings is 1. The zero-order chi connectivity index (χ0) is 23.8. The summed E-state index contributed by atoms with van der Waals surface area (Å²) in [5, 5.41) is 4.12.